The maximum Gasteiger partial charge on any atom is 0.222 e. The van der Waals surface area contributed by atoms with Crippen LogP contribution in [0, 0.1) is 11.3 Å². The number of nitrogens with zero attached hydrogens (tertiary/aromatic N) is 1. The van der Waals surface area contributed by atoms with Crippen molar-refractivity contribution in [2.75, 3.05) is 6.54 Å². The van der Waals surface area contributed by atoms with Crippen molar-refractivity contribution in [3.63, 3.8) is 0 Å². The van der Waals surface area contributed by atoms with Crippen LogP contribution in [0.1, 0.15) is 27.2 Å². The predicted molar refractivity (Wildman–Crippen MR) is 51.0 cm³/mol. The second-order valence-electron chi connectivity index (χ2n) is 3.17. The van der Waals surface area contributed by atoms with E-state index in [4.69, 9.17) is 5.26 Å². The minimum atomic E-state index is -0.372. The third-order valence-electron chi connectivity index (χ3n) is 1.45. The number of rotatable bonds is 5. The van der Waals surface area contributed by atoms with Gasteiger partial charge in [-0.15, -0.1) is 0 Å². The molecule has 0 aromatic carbocycles. The largest absolute Gasteiger partial charge is 0.354 e. The van der Waals surface area contributed by atoms with Crippen molar-refractivity contribution in [2.24, 2.45) is 0 Å². The molecule has 0 heterocycles. The third-order valence-corrected chi connectivity index (χ3v) is 1.45. The summed E-state index contributed by atoms with van der Waals surface area (Å²) in [6.07, 6.45) is 0.225. The van der Waals surface area contributed by atoms with Gasteiger partial charge in [0, 0.05) is 6.04 Å². The molecule has 0 aromatic heterocycles. The molecule has 0 spiro atoms. The molecular formula is C9H17N3O. The number of nitriles is 1. The molecule has 1 atom stereocenters. The molecule has 1 unspecified atom stereocenters. The maximum atomic E-state index is 11.2. The van der Waals surface area contributed by atoms with E-state index < -0.39 is 0 Å². The summed E-state index contributed by atoms with van der Waals surface area (Å²) < 4.78 is 0. The lowest BCUT2D eigenvalue weighted by Crippen LogP contribution is -2.37. The molecule has 0 fully saturated rings. The van der Waals surface area contributed by atoms with Gasteiger partial charge in [-0.25, -0.2) is 0 Å². The summed E-state index contributed by atoms with van der Waals surface area (Å²) in [4.78, 5) is 11.2. The highest BCUT2D eigenvalue weighted by atomic mass is 16.1. The summed E-state index contributed by atoms with van der Waals surface area (Å²) in [5, 5.41) is 14.3. The van der Waals surface area contributed by atoms with Crippen molar-refractivity contribution in [1.29, 1.82) is 5.26 Å². The van der Waals surface area contributed by atoms with E-state index in [1.54, 1.807) is 0 Å². The van der Waals surface area contributed by atoms with Crippen LogP contribution in [0.15, 0.2) is 0 Å². The van der Waals surface area contributed by atoms with Crippen LogP contribution in [-0.4, -0.2) is 24.5 Å². The molecule has 2 N–H and O–H groups in total. The van der Waals surface area contributed by atoms with E-state index in [1.165, 1.54) is 0 Å². The summed E-state index contributed by atoms with van der Waals surface area (Å²) in [6.45, 7) is 6.40. The Labute approximate surface area is 79.3 Å². The van der Waals surface area contributed by atoms with Gasteiger partial charge < -0.3 is 10.6 Å². The molecule has 0 saturated heterocycles. The monoisotopic (exact) mass is 183 g/mol. The minimum absolute atomic E-state index is 0.0810. The van der Waals surface area contributed by atoms with Crippen LogP contribution in [0.4, 0.5) is 0 Å². The van der Waals surface area contributed by atoms with E-state index in [-0.39, 0.29) is 24.4 Å². The Morgan fingerprint density at radius 2 is 2.15 bits per heavy atom. The van der Waals surface area contributed by atoms with Crippen LogP contribution in [0.5, 0.6) is 0 Å². The highest BCUT2D eigenvalue weighted by molar-refractivity contribution is 5.77. The van der Waals surface area contributed by atoms with Crippen molar-refractivity contribution >= 4 is 5.91 Å². The molecule has 0 aliphatic heterocycles. The Morgan fingerprint density at radius 3 is 2.54 bits per heavy atom. The number of carbonyl (C=O) groups is 1. The van der Waals surface area contributed by atoms with E-state index in [0.717, 1.165) is 0 Å². The lowest BCUT2D eigenvalue weighted by molar-refractivity contribution is -0.121. The Bertz CT molecular complexity index is 196. The van der Waals surface area contributed by atoms with Gasteiger partial charge in [0.25, 0.3) is 0 Å². The quantitative estimate of drug-likeness (QED) is 0.648. The van der Waals surface area contributed by atoms with Gasteiger partial charge in [0.15, 0.2) is 0 Å². The maximum absolute atomic E-state index is 11.2. The molecule has 1 amide bonds. The van der Waals surface area contributed by atoms with Gasteiger partial charge >= 0.3 is 0 Å². The summed E-state index contributed by atoms with van der Waals surface area (Å²) >= 11 is 0. The second kappa shape index (κ2) is 6.44. The average molecular weight is 183 g/mol. The summed E-state index contributed by atoms with van der Waals surface area (Å²) in [6, 6.07) is 1.80. The summed E-state index contributed by atoms with van der Waals surface area (Å²) in [7, 11) is 0. The van der Waals surface area contributed by atoms with E-state index in [2.05, 4.69) is 10.6 Å². The van der Waals surface area contributed by atoms with Crippen LogP contribution < -0.4 is 10.6 Å². The topological polar surface area (TPSA) is 64.9 Å². The summed E-state index contributed by atoms with van der Waals surface area (Å²) in [5.74, 6) is -0.0810. The number of hydrogen-bond acceptors (Lipinski definition) is 3. The molecule has 0 aliphatic rings. The van der Waals surface area contributed by atoms with Gasteiger partial charge in [0.1, 0.15) is 6.04 Å². The lowest BCUT2D eigenvalue weighted by Gasteiger charge is -2.11. The third kappa shape index (κ3) is 6.12. The van der Waals surface area contributed by atoms with Crippen molar-refractivity contribution in [2.45, 2.75) is 39.3 Å². The zero-order valence-corrected chi connectivity index (χ0v) is 8.42. The smallest absolute Gasteiger partial charge is 0.222 e. The second-order valence-corrected chi connectivity index (χ2v) is 3.17. The molecule has 0 aromatic rings. The number of nitrogens with one attached hydrogen (secondary N) is 2. The van der Waals surface area contributed by atoms with Crippen molar-refractivity contribution in [3.8, 4) is 6.07 Å². The molecule has 74 valence electrons. The van der Waals surface area contributed by atoms with Gasteiger partial charge in [-0.2, -0.15) is 5.26 Å². The molecule has 0 saturated carbocycles. The molecule has 0 bridgehead atoms. The molecule has 0 rings (SSSR count). The van der Waals surface area contributed by atoms with Crippen LogP contribution in [0.2, 0.25) is 0 Å². The van der Waals surface area contributed by atoms with Gasteiger partial charge in [0.2, 0.25) is 5.91 Å². The molecule has 0 radical (unpaired) electrons. The molecule has 0 aliphatic carbocycles. The number of hydrogen-bond donors (Lipinski definition) is 2. The molecule has 4 heteroatoms. The average Bonchev–Trinajstić information content (AvgIpc) is 2.02. The van der Waals surface area contributed by atoms with Gasteiger partial charge in [-0.05, 0) is 20.4 Å². The fourth-order valence-electron chi connectivity index (χ4n) is 0.976. The molecule has 4 nitrogen and oxygen atoms in total. The van der Waals surface area contributed by atoms with Crippen LogP contribution >= 0.6 is 0 Å². The van der Waals surface area contributed by atoms with Crippen molar-refractivity contribution in [3.05, 3.63) is 0 Å². The van der Waals surface area contributed by atoms with Crippen LogP contribution in [0.25, 0.3) is 0 Å². The zero-order chi connectivity index (χ0) is 10.3. The Hall–Kier alpha value is -1.08. The van der Waals surface area contributed by atoms with Gasteiger partial charge in [0.05, 0.1) is 12.5 Å². The fourth-order valence-corrected chi connectivity index (χ4v) is 0.976. The number of amides is 1. The number of carbonyl (C=O) groups excluding carboxylic acids is 1. The first-order valence-corrected chi connectivity index (χ1v) is 4.52. The summed E-state index contributed by atoms with van der Waals surface area (Å²) in [5.41, 5.74) is 0. The van der Waals surface area contributed by atoms with Crippen molar-refractivity contribution < 1.29 is 4.79 Å². The van der Waals surface area contributed by atoms with E-state index in [1.807, 2.05) is 26.8 Å². The van der Waals surface area contributed by atoms with Crippen LogP contribution in [0.3, 0.4) is 0 Å². The Morgan fingerprint density at radius 1 is 1.54 bits per heavy atom. The molecule has 13 heavy (non-hydrogen) atoms. The zero-order valence-electron chi connectivity index (χ0n) is 8.42. The first-order valence-electron chi connectivity index (χ1n) is 4.52. The first-order chi connectivity index (χ1) is 6.10. The van der Waals surface area contributed by atoms with E-state index >= 15 is 0 Å². The van der Waals surface area contributed by atoms with Gasteiger partial charge in [-0.1, -0.05) is 6.92 Å². The highest BCUT2D eigenvalue weighted by Crippen LogP contribution is 1.91. The normalized spacial score (nSPS) is 12.2. The lowest BCUT2D eigenvalue weighted by atomic mass is 10.2. The van der Waals surface area contributed by atoms with E-state index in [0.29, 0.717) is 6.54 Å². The van der Waals surface area contributed by atoms with Gasteiger partial charge in [-0.3, -0.25) is 4.79 Å². The SMILES string of the molecule is CCNC(C#N)CC(=O)NC(C)C. The van der Waals surface area contributed by atoms with E-state index in [9.17, 15) is 4.79 Å². The Balaban J connectivity index is 3.81. The predicted octanol–water partition coefficient (Wildman–Crippen LogP) is 0.403. The standard InChI is InChI=1S/C9H17N3O/c1-4-11-8(6-10)5-9(13)12-7(2)3/h7-8,11H,4-5H2,1-3H3,(H,12,13). The minimum Gasteiger partial charge on any atom is -0.354 e. The molecular weight excluding hydrogens is 166 g/mol. The fraction of sp³-hybridized carbons (Fsp3) is 0.778. The van der Waals surface area contributed by atoms with Crippen LogP contribution in [-0.2, 0) is 4.79 Å². The Kier molecular flexibility index (Phi) is 5.90. The van der Waals surface area contributed by atoms with Crippen molar-refractivity contribution in [1.82, 2.24) is 10.6 Å². The highest BCUT2D eigenvalue weighted by Gasteiger charge is 2.11. The first kappa shape index (κ1) is 11.9.